The van der Waals surface area contributed by atoms with E-state index in [-0.39, 0.29) is 0 Å². The van der Waals surface area contributed by atoms with Gasteiger partial charge in [-0.3, -0.25) is 4.99 Å². The number of furan rings is 1. The lowest BCUT2D eigenvalue weighted by atomic mass is 10.3. The minimum absolute atomic E-state index is 0.435. The number of amidine groups is 1. The summed E-state index contributed by atoms with van der Waals surface area (Å²) in [6.45, 7) is 2.78. The summed E-state index contributed by atoms with van der Waals surface area (Å²) in [6.07, 6.45) is 6.11. The topological polar surface area (TPSA) is 63.6 Å². The average Bonchev–Trinajstić information content (AvgIpc) is 2.90. The number of aliphatic imine (C=N–C) groups is 1. The SMILES string of the molecule is C[n+]1ccc2n1CCN2Cc1cc(C(N)=NC2CC2)co1. The Morgan fingerprint density at radius 2 is 2.33 bits per heavy atom. The summed E-state index contributed by atoms with van der Waals surface area (Å²) in [5, 5.41) is 0. The Morgan fingerprint density at radius 3 is 3.14 bits per heavy atom. The van der Waals surface area contributed by atoms with Gasteiger partial charge in [0, 0.05) is 6.54 Å². The van der Waals surface area contributed by atoms with Crippen LogP contribution in [-0.4, -0.2) is 23.1 Å². The van der Waals surface area contributed by atoms with Crippen molar-refractivity contribution in [1.29, 1.82) is 0 Å². The van der Waals surface area contributed by atoms with E-state index in [0.717, 1.165) is 43.8 Å². The van der Waals surface area contributed by atoms with E-state index in [1.165, 1.54) is 5.82 Å². The highest BCUT2D eigenvalue weighted by Crippen LogP contribution is 2.25. The molecule has 0 aromatic carbocycles. The van der Waals surface area contributed by atoms with Crippen molar-refractivity contribution in [2.45, 2.75) is 32.0 Å². The fourth-order valence-corrected chi connectivity index (χ4v) is 2.79. The van der Waals surface area contributed by atoms with Crippen molar-refractivity contribution < 1.29 is 9.10 Å². The summed E-state index contributed by atoms with van der Waals surface area (Å²) in [4.78, 5) is 6.77. The first-order valence-electron chi connectivity index (χ1n) is 7.42. The van der Waals surface area contributed by atoms with Crippen LogP contribution in [-0.2, 0) is 20.1 Å². The van der Waals surface area contributed by atoms with Crippen LogP contribution in [0.4, 0.5) is 5.82 Å². The van der Waals surface area contributed by atoms with Crippen molar-refractivity contribution in [1.82, 2.24) is 4.68 Å². The molecule has 6 heteroatoms. The van der Waals surface area contributed by atoms with E-state index in [2.05, 4.69) is 38.6 Å². The molecule has 2 aliphatic rings. The summed E-state index contributed by atoms with van der Waals surface area (Å²) in [5.74, 6) is 2.76. The smallest absolute Gasteiger partial charge is 0.197 e. The van der Waals surface area contributed by atoms with Gasteiger partial charge in [0.05, 0.1) is 30.8 Å². The molecule has 1 aliphatic heterocycles. The summed E-state index contributed by atoms with van der Waals surface area (Å²) >= 11 is 0. The van der Waals surface area contributed by atoms with Crippen molar-refractivity contribution >= 4 is 11.7 Å². The van der Waals surface area contributed by atoms with Crippen LogP contribution in [0.25, 0.3) is 0 Å². The standard InChI is InChI=1S/C15H20N5O/c1-18-5-4-14-19(6-7-20(14)18)9-13-8-11(10-21-13)15(16)17-12-2-3-12/h4-5,8,10,12H,2-3,6-7,9H2,1H3,(H2,16,17)/q+1. The highest BCUT2D eigenvalue weighted by atomic mass is 16.3. The highest BCUT2D eigenvalue weighted by molar-refractivity contribution is 5.97. The van der Waals surface area contributed by atoms with Crippen LogP contribution < -0.4 is 15.3 Å². The summed E-state index contributed by atoms with van der Waals surface area (Å²) in [6, 6.07) is 4.58. The average molecular weight is 286 g/mol. The normalized spacial score (nSPS) is 18.3. The van der Waals surface area contributed by atoms with Gasteiger partial charge in [-0.1, -0.05) is 0 Å². The van der Waals surface area contributed by atoms with Crippen molar-refractivity contribution in [3.8, 4) is 0 Å². The van der Waals surface area contributed by atoms with E-state index in [1.807, 2.05) is 6.07 Å². The first-order chi connectivity index (χ1) is 10.2. The zero-order valence-electron chi connectivity index (χ0n) is 12.2. The van der Waals surface area contributed by atoms with Gasteiger partial charge in [0.25, 0.3) is 0 Å². The minimum Gasteiger partial charge on any atom is -0.467 e. The number of hydrogen-bond donors (Lipinski definition) is 1. The quantitative estimate of drug-likeness (QED) is 0.513. The van der Waals surface area contributed by atoms with E-state index in [1.54, 1.807) is 6.26 Å². The summed E-state index contributed by atoms with van der Waals surface area (Å²) < 4.78 is 10.0. The lowest BCUT2D eigenvalue weighted by Gasteiger charge is -2.13. The number of hydrogen-bond acceptors (Lipinski definition) is 3. The molecule has 0 bridgehead atoms. The van der Waals surface area contributed by atoms with Crippen LogP contribution in [0.2, 0.25) is 0 Å². The molecule has 0 atom stereocenters. The molecule has 1 aliphatic carbocycles. The molecule has 2 aromatic heterocycles. The molecule has 6 nitrogen and oxygen atoms in total. The van der Waals surface area contributed by atoms with Gasteiger partial charge in [0.15, 0.2) is 19.1 Å². The Morgan fingerprint density at radius 1 is 1.48 bits per heavy atom. The van der Waals surface area contributed by atoms with E-state index < -0.39 is 0 Å². The maximum Gasteiger partial charge on any atom is 0.197 e. The second-order valence-electron chi connectivity index (χ2n) is 5.84. The lowest BCUT2D eigenvalue weighted by Crippen LogP contribution is -2.37. The van der Waals surface area contributed by atoms with Crippen LogP contribution >= 0.6 is 0 Å². The number of fused-ring (bicyclic) bond motifs is 1. The van der Waals surface area contributed by atoms with Crippen molar-refractivity contribution in [2.24, 2.45) is 17.8 Å². The minimum atomic E-state index is 0.435. The maximum atomic E-state index is 6.01. The van der Waals surface area contributed by atoms with E-state index in [0.29, 0.717) is 11.9 Å². The second-order valence-corrected chi connectivity index (χ2v) is 5.84. The molecular weight excluding hydrogens is 266 g/mol. The first-order valence-corrected chi connectivity index (χ1v) is 7.42. The molecule has 21 heavy (non-hydrogen) atoms. The number of nitrogens with zero attached hydrogens (tertiary/aromatic N) is 4. The molecule has 0 spiro atoms. The van der Waals surface area contributed by atoms with Crippen molar-refractivity contribution in [3.63, 3.8) is 0 Å². The summed E-state index contributed by atoms with van der Waals surface area (Å²) in [7, 11) is 2.06. The predicted octanol–water partition coefficient (Wildman–Crippen LogP) is 0.794. The Balaban J connectivity index is 1.49. The van der Waals surface area contributed by atoms with Crippen LogP contribution in [0, 0.1) is 0 Å². The number of anilines is 1. The zero-order valence-corrected chi connectivity index (χ0v) is 12.2. The molecule has 2 aromatic rings. The predicted molar refractivity (Wildman–Crippen MR) is 79.1 cm³/mol. The van der Waals surface area contributed by atoms with Crippen LogP contribution in [0.3, 0.4) is 0 Å². The third kappa shape index (κ3) is 2.30. The Kier molecular flexibility index (Phi) is 2.77. The van der Waals surface area contributed by atoms with Gasteiger partial charge in [-0.2, -0.15) is 0 Å². The third-order valence-electron chi connectivity index (χ3n) is 4.16. The van der Waals surface area contributed by atoms with Crippen LogP contribution in [0.5, 0.6) is 0 Å². The lowest BCUT2D eigenvalue weighted by molar-refractivity contribution is -0.751. The molecule has 3 heterocycles. The second kappa shape index (κ2) is 4.65. The largest absolute Gasteiger partial charge is 0.467 e. The molecular formula is C15H20N5O+. The number of aryl methyl sites for hydroxylation is 1. The Hall–Kier alpha value is -2.24. The third-order valence-corrected chi connectivity index (χ3v) is 4.16. The van der Waals surface area contributed by atoms with Crippen molar-refractivity contribution in [3.05, 3.63) is 35.9 Å². The molecule has 0 unspecified atom stereocenters. The number of aromatic nitrogens is 2. The fraction of sp³-hybridized carbons (Fsp3) is 0.467. The zero-order chi connectivity index (χ0) is 14.4. The van der Waals surface area contributed by atoms with Gasteiger partial charge >= 0.3 is 0 Å². The number of rotatable bonds is 4. The van der Waals surface area contributed by atoms with Gasteiger partial charge < -0.3 is 15.1 Å². The van der Waals surface area contributed by atoms with Gasteiger partial charge in [-0.05, 0) is 18.9 Å². The van der Waals surface area contributed by atoms with Crippen molar-refractivity contribution in [2.75, 3.05) is 11.4 Å². The van der Waals surface area contributed by atoms with E-state index in [4.69, 9.17) is 10.2 Å². The van der Waals surface area contributed by atoms with E-state index >= 15 is 0 Å². The molecule has 1 fully saturated rings. The molecule has 0 radical (unpaired) electrons. The maximum absolute atomic E-state index is 6.01. The van der Waals surface area contributed by atoms with Gasteiger partial charge in [-0.25, -0.2) is 0 Å². The van der Waals surface area contributed by atoms with Gasteiger partial charge in [-0.15, -0.1) is 9.36 Å². The molecule has 0 amide bonds. The molecule has 110 valence electrons. The Labute approximate surface area is 123 Å². The molecule has 2 N–H and O–H groups in total. The monoisotopic (exact) mass is 286 g/mol. The van der Waals surface area contributed by atoms with Crippen LogP contribution in [0.15, 0.2) is 34.0 Å². The fourth-order valence-electron chi connectivity index (χ4n) is 2.79. The summed E-state index contributed by atoms with van der Waals surface area (Å²) in [5.41, 5.74) is 6.91. The van der Waals surface area contributed by atoms with Gasteiger partial charge in [0.1, 0.15) is 17.9 Å². The van der Waals surface area contributed by atoms with Crippen LogP contribution in [0.1, 0.15) is 24.2 Å². The van der Waals surface area contributed by atoms with E-state index in [9.17, 15) is 0 Å². The molecule has 1 saturated carbocycles. The number of nitrogens with two attached hydrogens (primary N) is 1. The molecule has 4 rings (SSSR count). The van der Waals surface area contributed by atoms with Gasteiger partial charge in [0.2, 0.25) is 0 Å². The highest BCUT2D eigenvalue weighted by Gasteiger charge is 2.26. The molecule has 0 saturated heterocycles. The Bertz CT molecular complexity index is 695. The first kappa shape index (κ1) is 12.5.